The normalized spacial score (nSPS) is 16.7. The van der Waals surface area contributed by atoms with Crippen LogP contribution in [0.15, 0.2) is 18.2 Å². The van der Waals surface area contributed by atoms with E-state index in [0.29, 0.717) is 18.4 Å². The fourth-order valence-corrected chi connectivity index (χ4v) is 2.71. The van der Waals surface area contributed by atoms with Crippen molar-refractivity contribution in [1.82, 2.24) is 4.90 Å². The molecular weight excluding hydrogens is 270 g/mol. The van der Waals surface area contributed by atoms with E-state index in [1.54, 1.807) is 12.1 Å². The summed E-state index contributed by atoms with van der Waals surface area (Å²) in [7, 11) is 0. The molecule has 6 heteroatoms. The van der Waals surface area contributed by atoms with Crippen molar-refractivity contribution >= 4 is 11.4 Å². The van der Waals surface area contributed by atoms with Gasteiger partial charge in [0.1, 0.15) is 0 Å². The summed E-state index contributed by atoms with van der Waals surface area (Å²) in [5.74, 6) is 0.320. The van der Waals surface area contributed by atoms with Crippen LogP contribution >= 0.6 is 0 Å². The van der Waals surface area contributed by atoms with Crippen LogP contribution in [-0.4, -0.2) is 42.1 Å². The maximum absolute atomic E-state index is 11.0. The average Bonchev–Trinajstić information content (AvgIpc) is 2.91. The van der Waals surface area contributed by atoms with Gasteiger partial charge in [-0.2, -0.15) is 0 Å². The molecule has 1 aliphatic rings. The van der Waals surface area contributed by atoms with Gasteiger partial charge in [0.15, 0.2) is 5.75 Å². The van der Waals surface area contributed by atoms with Crippen molar-refractivity contribution in [2.75, 3.05) is 31.6 Å². The van der Waals surface area contributed by atoms with Crippen LogP contribution in [0.1, 0.15) is 26.7 Å². The van der Waals surface area contributed by atoms with Crippen LogP contribution in [0.3, 0.4) is 0 Å². The smallest absolute Gasteiger partial charge is 0.311 e. The predicted molar refractivity (Wildman–Crippen MR) is 83.0 cm³/mol. The Kier molecular flexibility index (Phi) is 5.38. The van der Waals surface area contributed by atoms with E-state index in [9.17, 15) is 10.1 Å². The number of ether oxygens (including phenoxy) is 1. The quantitative estimate of drug-likeness (QED) is 0.618. The van der Waals surface area contributed by atoms with E-state index < -0.39 is 4.92 Å². The zero-order valence-electron chi connectivity index (χ0n) is 12.7. The van der Waals surface area contributed by atoms with Crippen LogP contribution < -0.4 is 10.1 Å². The van der Waals surface area contributed by atoms with Gasteiger partial charge in [-0.05, 0) is 45.8 Å². The molecular formula is C15H23N3O3. The third-order valence-electron chi connectivity index (χ3n) is 3.60. The number of nitro benzene ring substituents is 1. The van der Waals surface area contributed by atoms with Crippen LogP contribution in [0, 0.1) is 10.1 Å². The molecule has 0 saturated carbocycles. The molecule has 116 valence electrons. The fraction of sp³-hybridized carbons (Fsp3) is 0.600. The molecule has 21 heavy (non-hydrogen) atoms. The largest absolute Gasteiger partial charge is 0.487 e. The molecule has 1 atom stereocenters. The lowest BCUT2D eigenvalue weighted by atomic mass is 10.2. The number of hydrogen-bond acceptors (Lipinski definition) is 5. The number of rotatable bonds is 7. The molecule has 0 bridgehead atoms. The molecule has 0 aromatic heterocycles. The average molecular weight is 293 g/mol. The zero-order chi connectivity index (χ0) is 15.2. The summed E-state index contributed by atoms with van der Waals surface area (Å²) < 4.78 is 5.36. The second-order valence-corrected chi connectivity index (χ2v) is 5.43. The Morgan fingerprint density at radius 2 is 2.14 bits per heavy atom. The van der Waals surface area contributed by atoms with Crippen molar-refractivity contribution in [3.8, 4) is 5.75 Å². The van der Waals surface area contributed by atoms with E-state index in [1.165, 1.54) is 18.9 Å². The molecule has 1 saturated heterocycles. The SMILES string of the molecule is CCOc1cc(NC(C)CN2CCCC2)ccc1[N+](=O)[O-]. The molecule has 0 amide bonds. The molecule has 0 radical (unpaired) electrons. The van der Waals surface area contributed by atoms with Crippen LogP contribution in [-0.2, 0) is 0 Å². The first-order valence-electron chi connectivity index (χ1n) is 7.50. The lowest BCUT2D eigenvalue weighted by Crippen LogP contribution is -2.32. The van der Waals surface area contributed by atoms with Gasteiger partial charge in [0.25, 0.3) is 0 Å². The highest BCUT2D eigenvalue weighted by molar-refractivity contribution is 5.58. The van der Waals surface area contributed by atoms with E-state index in [2.05, 4.69) is 17.1 Å². The molecule has 1 aromatic rings. The summed E-state index contributed by atoms with van der Waals surface area (Å²) in [5, 5.41) is 14.3. The van der Waals surface area contributed by atoms with Crippen LogP contribution in [0.5, 0.6) is 5.75 Å². The zero-order valence-corrected chi connectivity index (χ0v) is 12.7. The van der Waals surface area contributed by atoms with Crippen molar-refractivity contribution in [3.05, 3.63) is 28.3 Å². The number of benzene rings is 1. The standard InChI is InChI=1S/C15H23N3O3/c1-3-21-15-10-13(6-7-14(15)18(19)20)16-12(2)11-17-8-4-5-9-17/h6-7,10,12,16H,3-5,8-9,11H2,1-2H3. The molecule has 0 spiro atoms. The van der Waals surface area contributed by atoms with Gasteiger partial charge in [-0.15, -0.1) is 0 Å². The summed E-state index contributed by atoms with van der Waals surface area (Å²) in [6.45, 7) is 7.67. The van der Waals surface area contributed by atoms with Gasteiger partial charge in [0.2, 0.25) is 0 Å². The number of anilines is 1. The lowest BCUT2D eigenvalue weighted by Gasteiger charge is -2.22. The summed E-state index contributed by atoms with van der Waals surface area (Å²) in [6.07, 6.45) is 2.55. The molecule has 0 aliphatic carbocycles. The first-order chi connectivity index (χ1) is 10.1. The molecule has 1 N–H and O–H groups in total. The van der Waals surface area contributed by atoms with E-state index in [0.717, 1.165) is 25.3 Å². The molecule has 2 rings (SSSR count). The summed E-state index contributed by atoms with van der Waals surface area (Å²) in [6, 6.07) is 5.23. The van der Waals surface area contributed by atoms with Crippen molar-refractivity contribution in [1.29, 1.82) is 0 Å². The Morgan fingerprint density at radius 1 is 1.43 bits per heavy atom. The minimum atomic E-state index is -0.414. The number of nitrogens with one attached hydrogen (secondary N) is 1. The molecule has 1 unspecified atom stereocenters. The van der Waals surface area contributed by atoms with Crippen molar-refractivity contribution in [2.45, 2.75) is 32.7 Å². The molecule has 1 aliphatic heterocycles. The number of hydrogen-bond donors (Lipinski definition) is 1. The minimum absolute atomic E-state index is 0.00889. The monoisotopic (exact) mass is 293 g/mol. The Morgan fingerprint density at radius 3 is 2.76 bits per heavy atom. The highest BCUT2D eigenvalue weighted by Crippen LogP contribution is 2.30. The van der Waals surface area contributed by atoms with Gasteiger partial charge >= 0.3 is 5.69 Å². The highest BCUT2D eigenvalue weighted by Gasteiger charge is 2.17. The van der Waals surface area contributed by atoms with Gasteiger partial charge in [0.05, 0.1) is 11.5 Å². The first kappa shape index (κ1) is 15.6. The summed E-state index contributed by atoms with van der Waals surface area (Å²) in [5.41, 5.74) is 0.866. The van der Waals surface area contributed by atoms with Gasteiger partial charge in [-0.3, -0.25) is 10.1 Å². The summed E-state index contributed by atoms with van der Waals surface area (Å²) >= 11 is 0. The first-order valence-corrected chi connectivity index (χ1v) is 7.50. The second-order valence-electron chi connectivity index (χ2n) is 5.43. The van der Waals surface area contributed by atoms with Crippen LogP contribution in [0.4, 0.5) is 11.4 Å². The third-order valence-corrected chi connectivity index (χ3v) is 3.60. The third kappa shape index (κ3) is 4.32. The van der Waals surface area contributed by atoms with Gasteiger partial charge in [-0.1, -0.05) is 0 Å². The van der Waals surface area contributed by atoms with Crippen molar-refractivity contribution in [2.24, 2.45) is 0 Å². The van der Waals surface area contributed by atoms with E-state index in [1.807, 2.05) is 6.92 Å². The lowest BCUT2D eigenvalue weighted by molar-refractivity contribution is -0.385. The Balaban J connectivity index is 2.01. The molecule has 1 aromatic carbocycles. The summed E-state index contributed by atoms with van der Waals surface area (Å²) in [4.78, 5) is 13.0. The predicted octanol–water partition coefficient (Wildman–Crippen LogP) is 2.89. The van der Waals surface area contributed by atoms with Crippen molar-refractivity contribution in [3.63, 3.8) is 0 Å². The molecule has 6 nitrogen and oxygen atoms in total. The van der Waals surface area contributed by atoms with Gasteiger partial charge in [-0.25, -0.2) is 0 Å². The Bertz CT molecular complexity index is 487. The van der Waals surface area contributed by atoms with Gasteiger partial charge < -0.3 is 15.0 Å². The number of nitrogens with zero attached hydrogens (tertiary/aromatic N) is 2. The van der Waals surface area contributed by atoms with Crippen molar-refractivity contribution < 1.29 is 9.66 Å². The van der Waals surface area contributed by atoms with E-state index in [-0.39, 0.29) is 5.69 Å². The maximum atomic E-state index is 11.0. The molecule has 1 fully saturated rings. The van der Waals surface area contributed by atoms with Gasteiger partial charge in [0, 0.05) is 30.4 Å². The fourth-order valence-electron chi connectivity index (χ4n) is 2.71. The number of likely N-dealkylation sites (tertiary alicyclic amines) is 1. The van der Waals surface area contributed by atoms with Crippen LogP contribution in [0.2, 0.25) is 0 Å². The van der Waals surface area contributed by atoms with E-state index in [4.69, 9.17) is 4.74 Å². The second kappa shape index (κ2) is 7.26. The topological polar surface area (TPSA) is 67.6 Å². The molecule has 1 heterocycles. The highest BCUT2D eigenvalue weighted by atomic mass is 16.6. The Labute approximate surface area is 125 Å². The minimum Gasteiger partial charge on any atom is -0.487 e. The van der Waals surface area contributed by atoms with Crippen LogP contribution in [0.25, 0.3) is 0 Å². The maximum Gasteiger partial charge on any atom is 0.311 e. The Hall–Kier alpha value is -1.82. The number of nitro groups is 1. The van der Waals surface area contributed by atoms with E-state index >= 15 is 0 Å².